The molecule has 45 heavy (non-hydrogen) atoms. The van der Waals surface area contributed by atoms with Crippen molar-refractivity contribution < 1.29 is 23.9 Å². The number of benzene rings is 4. The molecule has 0 unspecified atom stereocenters. The summed E-state index contributed by atoms with van der Waals surface area (Å²) < 4.78 is 4.99. The lowest BCUT2D eigenvalue weighted by molar-refractivity contribution is -0.143. The van der Waals surface area contributed by atoms with Gasteiger partial charge in [-0.05, 0) is 40.8 Å². The Labute approximate surface area is 267 Å². The molecule has 3 amide bonds. The molecule has 1 aliphatic rings. The number of nitrogens with zero attached hydrogens (tertiary/aromatic N) is 1. The fraction of sp³-hybridized carbons (Fsp3) is 0.222. The minimum atomic E-state index is -1.34. The highest BCUT2D eigenvalue weighted by atomic mass is 35.5. The van der Waals surface area contributed by atoms with Crippen LogP contribution in [0.1, 0.15) is 51.3 Å². The lowest BCUT2D eigenvalue weighted by Gasteiger charge is -2.38. The highest BCUT2D eigenvalue weighted by Crippen LogP contribution is 2.43. The molecule has 5 rings (SSSR count). The third kappa shape index (κ3) is 6.33. The van der Waals surface area contributed by atoms with Crippen molar-refractivity contribution in [3.8, 4) is 0 Å². The van der Waals surface area contributed by atoms with Crippen molar-refractivity contribution >= 4 is 35.3 Å². The van der Waals surface area contributed by atoms with Gasteiger partial charge in [0.15, 0.2) is 5.54 Å². The molecule has 4 aromatic rings. The number of hydrogen-bond acceptors (Lipinski definition) is 5. The Bertz CT molecular complexity index is 1690. The van der Waals surface area contributed by atoms with Crippen LogP contribution in [0.4, 0.5) is 0 Å². The molecule has 0 saturated carbocycles. The monoisotopic (exact) mass is 623 g/mol. The molecule has 8 nitrogen and oxygen atoms in total. The molecule has 4 aromatic carbocycles. The van der Waals surface area contributed by atoms with Crippen molar-refractivity contribution in [2.75, 3.05) is 7.11 Å². The summed E-state index contributed by atoms with van der Waals surface area (Å²) in [5, 5.41) is 6.12. The van der Waals surface area contributed by atoms with E-state index in [4.69, 9.17) is 16.3 Å². The summed E-state index contributed by atoms with van der Waals surface area (Å²) in [6.07, 6.45) is -0.282. The van der Waals surface area contributed by atoms with Gasteiger partial charge in [-0.15, -0.1) is 0 Å². The third-order valence-electron chi connectivity index (χ3n) is 8.18. The number of ether oxygens (including phenoxy) is 1. The maximum Gasteiger partial charge on any atom is 0.328 e. The van der Waals surface area contributed by atoms with Gasteiger partial charge in [0.25, 0.3) is 11.8 Å². The normalized spacial score (nSPS) is 18.2. The Balaban J connectivity index is 1.50. The number of hydrogen-bond donors (Lipinski definition) is 2. The first-order valence-electron chi connectivity index (χ1n) is 14.6. The van der Waals surface area contributed by atoms with E-state index in [-0.39, 0.29) is 35.2 Å². The van der Waals surface area contributed by atoms with Gasteiger partial charge in [0, 0.05) is 19.8 Å². The van der Waals surface area contributed by atoms with Crippen LogP contribution in [0.5, 0.6) is 0 Å². The topological polar surface area (TPSA) is 105 Å². The van der Waals surface area contributed by atoms with E-state index in [0.29, 0.717) is 16.7 Å². The van der Waals surface area contributed by atoms with Crippen LogP contribution in [-0.4, -0.2) is 41.7 Å². The maximum absolute atomic E-state index is 14.1. The largest absolute Gasteiger partial charge is 0.467 e. The lowest BCUT2D eigenvalue weighted by atomic mass is 9.81. The van der Waals surface area contributed by atoms with Crippen LogP contribution in [0.3, 0.4) is 0 Å². The van der Waals surface area contributed by atoms with Crippen LogP contribution in [0, 0.1) is 6.92 Å². The maximum atomic E-state index is 14.1. The molecule has 230 valence electrons. The van der Waals surface area contributed by atoms with Crippen LogP contribution in [0.2, 0.25) is 5.02 Å². The number of rotatable bonds is 9. The molecule has 1 aliphatic heterocycles. The van der Waals surface area contributed by atoms with E-state index in [9.17, 15) is 19.2 Å². The quantitative estimate of drug-likeness (QED) is 0.247. The zero-order valence-electron chi connectivity index (χ0n) is 25.3. The highest BCUT2D eigenvalue weighted by molar-refractivity contribution is 6.34. The minimum Gasteiger partial charge on any atom is -0.467 e. The van der Waals surface area contributed by atoms with Crippen molar-refractivity contribution in [3.05, 3.63) is 142 Å². The molecule has 0 aliphatic carbocycles. The minimum absolute atomic E-state index is 0.128. The third-order valence-corrected chi connectivity index (χ3v) is 8.50. The Hall–Kier alpha value is -4.95. The number of halogens is 1. The molecule has 1 fully saturated rings. The predicted molar refractivity (Wildman–Crippen MR) is 171 cm³/mol. The second-order valence-electron chi connectivity index (χ2n) is 11.1. The summed E-state index contributed by atoms with van der Waals surface area (Å²) in [6.45, 7) is 3.23. The SMILES string of the molecule is COC(=O)[C@H](Cc1ccc([C@]2(Cc3ccccc3)C(=O)N[C@H](c3ccccc3)N2C(C)=O)cc1)NC(=O)c1c(C)cccc1Cl. The molecule has 0 radical (unpaired) electrons. The molecule has 3 atom stereocenters. The summed E-state index contributed by atoms with van der Waals surface area (Å²) in [7, 11) is 1.26. The molecule has 0 bridgehead atoms. The van der Waals surface area contributed by atoms with Crippen LogP contribution >= 0.6 is 11.6 Å². The second kappa shape index (κ2) is 13.4. The first-order chi connectivity index (χ1) is 21.6. The number of esters is 1. The van der Waals surface area contributed by atoms with Gasteiger partial charge in [-0.25, -0.2) is 4.79 Å². The predicted octanol–water partition coefficient (Wildman–Crippen LogP) is 5.28. The fourth-order valence-electron chi connectivity index (χ4n) is 6.02. The van der Waals surface area contributed by atoms with E-state index in [2.05, 4.69) is 10.6 Å². The van der Waals surface area contributed by atoms with Crippen LogP contribution in [0.25, 0.3) is 0 Å². The van der Waals surface area contributed by atoms with Gasteiger partial charge in [-0.3, -0.25) is 19.3 Å². The van der Waals surface area contributed by atoms with E-state index in [1.807, 2.05) is 60.7 Å². The van der Waals surface area contributed by atoms with Crippen molar-refractivity contribution in [1.29, 1.82) is 0 Å². The van der Waals surface area contributed by atoms with Gasteiger partial charge in [0.1, 0.15) is 12.2 Å². The molecular weight excluding hydrogens is 590 g/mol. The van der Waals surface area contributed by atoms with Gasteiger partial charge in [-0.2, -0.15) is 0 Å². The Kier molecular flexibility index (Phi) is 9.34. The molecule has 0 aromatic heterocycles. The van der Waals surface area contributed by atoms with Gasteiger partial charge in [0.2, 0.25) is 5.91 Å². The smallest absolute Gasteiger partial charge is 0.328 e. The van der Waals surface area contributed by atoms with Crippen molar-refractivity contribution in [2.45, 2.75) is 44.4 Å². The van der Waals surface area contributed by atoms with Crippen molar-refractivity contribution in [3.63, 3.8) is 0 Å². The number of amides is 3. The van der Waals surface area contributed by atoms with Crippen LogP contribution < -0.4 is 10.6 Å². The standard InChI is InChI=1S/C36H34ClN3O5/c1-23-11-10-16-29(37)31(23)33(42)38-30(34(43)45-3)21-25-17-19-28(20-18-25)36(22-26-12-6-4-7-13-26)35(44)39-32(40(36)24(2)41)27-14-8-5-9-15-27/h4-20,30,32H,21-22H2,1-3H3,(H,38,42)(H,39,44)/t30-,32-,36+/m0/s1. The van der Waals surface area contributed by atoms with Gasteiger partial charge < -0.3 is 15.4 Å². The van der Waals surface area contributed by atoms with E-state index >= 15 is 0 Å². The number of aryl methyl sites for hydroxylation is 1. The van der Waals surface area contributed by atoms with Gasteiger partial charge in [0.05, 0.1) is 17.7 Å². The lowest BCUT2D eigenvalue weighted by Crippen LogP contribution is -2.50. The van der Waals surface area contributed by atoms with Crippen molar-refractivity contribution in [2.24, 2.45) is 0 Å². The summed E-state index contributed by atoms with van der Waals surface area (Å²) in [6, 6.07) is 30.3. The summed E-state index contributed by atoms with van der Waals surface area (Å²) in [5.41, 5.74) is 2.63. The Morgan fingerprint density at radius 3 is 2.16 bits per heavy atom. The highest BCUT2D eigenvalue weighted by Gasteiger charge is 2.56. The fourth-order valence-corrected chi connectivity index (χ4v) is 6.33. The van der Waals surface area contributed by atoms with E-state index in [1.165, 1.54) is 14.0 Å². The number of nitrogens with one attached hydrogen (secondary N) is 2. The zero-order valence-corrected chi connectivity index (χ0v) is 26.0. The summed E-state index contributed by atoms with van der Waals surface area (Å²) in [5.74, 6) is -1.65. The molecule has 1 saturated heterocycles. The first kappa shape index (κ1) is 31.5. The zero-order chi connectivity index (χ0) is 32.1. The second-order valence-corrected chi connectivity index (χ2v) is 11.5. The van der Waals surface area contributed by atoms with Gasteiger partial charge >= 0.3 is 5.97 Å². The van der Waals surface area contributed by atoms with E-state index in [0.717, 1.165) is 11.1 Å². The Morgan fingerprint density at radius 2 is 1.56 bits per heavy atom. The molecule has 1 heterocycles. The summed E-state index contributed by atoms with van der Waals surface area (Å²) >= 11 is 6.29. The Morgan fingerprint density at radius 1 is 0.911 bits per heavy atom. The molecule has 0 spiro atoms. The van der Waals surface area contributed by atoms with Crippen molar-refractivity contribution in [1.82, 2.24) is 15.5 Å². The number of carbonyl (C=O) groups is 4. The molecular formula is C36H34ClN3O5. The molecule has 2 N–H and O–H groups in total. The van der Waals surface area contributed by atoms with E-state index < -0.39 is 29.6 Å². The summed E-state index contributed by atoms with van der Waals surface area (Å²) in [4.78, 5) is 55.0. The first-order valence-corrected chi connectivity index (χ1v) is 15.0. The number of methoxy groups -OCH3 is 1. The van der Waals surface area contributed by atoms with Crippen LogP contribution in [-0.2, 0) is 37.5 Å². The van der Waals surface area contributed by atoms with Gasteiger partial charge in [-0.1, -0.05) is 109 Å². The molecule has 9 heteroatoms. The average Bonchev–Trinajstić information content (AvgIpc) is 3.34. The van der Waals surface area contributed by atoms with Crippen LogP contribution in [0.15, 0.2) is 103 Å². The number of carbonyl (C=O) groups excluding carboxylic acids is 4. The van der Waals surface area contributed by atoms with E-state index in [1.54, 1.807) is 54.3 Å². The average molecular weight is 624 g/mol.